The van der Waals surface area contributed by atoms with Crippen molar-refractivity contribution in [2.45, 2.75) is 23.8 Å². The summed E-state index contributed by atoms with van der Waals surface area (Å²) in [6, 6.07) is 10.7. The molecule has 1 aliphatic heterocycles. The van der Waals surface area contributed by atoms with Crippen LogP contribution < -0.4 is 15.2 Å². The van der Waals surface area contributed by atoms with Crippen molar-refractivity contribution in [2.24, 2.45) is 5.73 Å². The van der Waals surface area contributed by atoms with E-state index in [1.165, 1.54) is 30.7 Å². The monoisotopic (exact) mass is 580 g/mol. The number of piperidine rings is 1. The highest BCUT2D eigenvalue weighted by Gasteiger charge is 2.37. The summed E-state index contributed by atoms with van der Waals surface area (Å²) in [6.07, 6.45) is 3.57. The van der Waals surface area contributed by atoms with Gasteiger partial charge in [-0.05, 0) is 36.6 Å². The van der Waals surface area contributed by atoms with Gasteiger partial charge in [0, 0.05) is 37.3 Å². The van der Waals surface area contributed by atoms with Crippen LogP contribution in [0.1, 0.15) is 24.0 Å². The van der Waals surface area contributed by atoms with Gasteiger partial charge in [0.25, 0.3) is 0 Å². The van der Waals surface area contributed by atoms with E-state index in [9.17, 15) is 26.7 Å². The minimum Gasteiger partial charge on any atom is -0.497 e. The van der Waals surface area contributed by atoms with Crippen LogP contribution in [-0.2, 0) is 24.8 Å². The van der Waals surface area contributed by atoms with Crippen LogP contribution in [0.5, 0.6) is 11.5 Å². The Kier molecular flexibility index (Phi) is 9.72. The molecular weight excluding hydrogens is 548 g/mol. The molecule has 0 unspecified atom stereocenters. The average Bonchev–Trinajstić information content (AvgIpc) is 2.90. The number of methoxy groups -OCH3 is 2. The minimum absolute atomic E-state index is 0.0246. The number of sulfonamides is 2. The van der Waals surface area contributed by atoms with Crippen molar-refractivity contribution in [3.8, 4) is 11.5 Å². The number of carboxylic acids is 1. The average molecular weight is 581 g/mol. The second kappa shape index (κ2) is 12.6. The summed E-state index contributed by atoms with van der Waals surface area (Å²) in [5, 5.41) is 16.8. The van der Waals surface area contributed by atoms with E-state index in [-0.39, 0.29) is 49.0 Å². The van der Waals surface area contributed by atoms with Crippen LogP contribution in [0.15, 0.2) is 53.4 Å². The first-order chi connectivity index (χ1) is 18.4. The van der Waals surface area contributed by atoms with Gasteiger partial charge in [-0.2, -0.15) is 8.61 Å². The maximum atomic E-state index is 13.4. The molecule has 12 nitrogen and oxygen atoms in total. The lowest BCUT2D eigenvalue weighted by Gasteiger charge is -2.36. The Labute approximate surface area is 228 Å². The van der Waals surface area contributed by atoms with Crippen molar-refractivity contribution in [3.05, 3.63) is 59.7 Å². The molecule has 212 valence electrons. The fourth-order valence-electron chi connectivity index (χ4n) is 4.33. The molecule has 0 bridgehead atoms. The third-order valence-electron chi connectivity index (χ3n) is 6.28. The first kappa shape index (κ1) is 30.1. The van der Waals surface area contributed by atoms with Crippen molar-refractivity contribution >= 4 is 37.9 Å². The molecule has 3 rings (SSSR count). The Balaban J connectivity index is 1.81. The van der Waals surface area contributed by atoms with Gasteiger partial charge in [0.1, 0.15) is 22.2 Å². The number of hydrogen-bond donors (Lipinski definition) is 3. The predicted octanol–water partition coefficient (Wildman–Crippen LogP) is 1.57. The molecule has 0 aliphatic carbocycles. The first-order valence-corrected chi connectivity index (χ1v) is 15.0. The maximum absolute atomic E-state index is 13.4. The van der Waals surface area contributed by atoms with Gasteiger partial charge >= 0.3 is 5.97 Å². The SMILES string of the molecule is COc1ccc(OC)c(S(=O)(=O)N2CCC(N(C/C=C/c3cccc(C(=N)N)c3)S(=O)(=O)CC(=O)O)CC2)c1. The number of nitrogen functional groups attached to an aromatic ring is 1. The van der Waals surface area contributed by atoms with Crippen molar-refractivity contribution in [1.29, 1.82) is 5.41 Å². The number of nitrogens with one attached hydrogen (secondary N) is 1. The van der Waals surface area contributed by atoms with E-state index in [4.69, 9.17) is 20.6 Å². The van der Waals surface area contributed by atoms with Crippen molar-refractivity contribution in [2.75, 3.05) is 39.6 Å². The topological polar surface area (TPSA) is 180 Å². The number of carbonyl (C=O) groups is 1. The molecule has 0 radical (unpaired) electrons. The number of ether oxygens (including phenoxy) is 2. The molecule has 39 heavy (non-hydrogen) atoms. The van der Waals surface area contributed by atoms with Crippen molar-refractivity contribution in [3.63, 3.8) is 0 Å². The lowest BCUT2D eigenvalue weighted by molar-refractivity contribution is -0.134. The number of rotatable bonds is 12. The lowest BCUT2D eigenvalue weighted by atomic mass is 10.1. The smallest absolute Gasteiger partial charge is 0.320 e. The zero-order valence-electron chi connectivity index (χ0n) is 21.6. The Hall–Kier alpha value is -3.46. The second-order valence-electron chi connectivity index (χ2n) is 8.81. The fourth-order valence-corrected chi connectivity index (χ4v) is 7.42. The summed E-state index contributed by atoms with van der Waals surface area (Å²) in [6.45, 7) is -0.0608. The van der Waals surface area contributed by atoms with Crippen molar-refractivity contribution in [1.82, 2.24) is 8.61 Å². The number of aliphatic carboxylic acids is 1. The van der Waals surface area contributed by atoms with E-state index < -0.39 is 37.8 Å². The molecule has 4 N–H and O–H groups in total. The molecule has 0 amide bonds. The normalized spacial score (nSPS) is 15.5. The number of benzene rings is 2. The number of nitrogens with zero attached hydrogens (tertiary/aromatic N) is 2. The van der Waals surface area contributed by atoms with E-state index in [1.807, 2.05) is 0 Å². The third kappa shape index (κ3) is 7.35. The summed E-state index contributed by atoms with van der Waals surface area (Å²) < 4.78 is 65.5. The largest absolute Gasteiger partial charge is 0.497 e. The standard InChI is InChI=1S/C25H32N4O8S2/c1-36-21-8-9-22(37-2)23(16-21)39(34,35)28-13-10-20(11-14-28)29(38(32,33)17-24(30)31)12-4-6-18-5-3-7-19(15-18)25(26)27/h3-9,15-16,20H,10-14,17H2,1-2H3,(H3,26,27)(H,30,31)/b6-4+. The highest BCUT2D eigenvalue weighted by molar-refractivity contribution is 7.90. The summed E-state index contributed by atoms with van der Waals surface area (Å²) >= 11 is 0. The first-order valence-electron chi connectivity index (χ1n) is 11.9. The van der Waals surface area contributed by atoms with Gasteiger partial charge in [-0.15, -0.1) is 0 Å². The molecule has 2 aromatic carbocycles. The summed E-state index contributed by atoms with van der Waals surface area (Å²) in [5.74, 6) is -2.17. The van der Waals surface area contributed by atoms with Crippen LogP contribution in [0.2, 0.25) is 0 Å². The quantitative estimate of drug-likeness (QED) is 0.248. The highest BCUT2D eigenvalue weighted by Crippen LogP contribution is 2.32. The van der Waals surface area contributed by atoms with Crippen LogP contribution in [0.4, 0.5) is 0 Å². The fraction of sp³-hybridized carbons (Fsp3) is 0.360. The van der Waals surface area contributed by atoms with Gasteiger partial charge < -0.3 is 20.3 Å². The molecule has 0 atom stereocenters. The number of nitrogens with two attached hydrogens (primary N) is 1. The molecule has 0 spiro atoms. The van der Waals surface area contributed by atoms with Crippen LogP contribution in [0.3, 0.4) is 0 Å². The molecule has 1 aliphatic rings. The van der Waals surface area contributed by atoms with E-state index >= 15 is 0 Å². The Morgan fingerprint density at radius 2 is 1.82 bits per heavy atom. The lowest BCUT2D eigenvalue weighted by Crippen LogP contribution is -2.49. The van der Waals surface area contributed by atoms with Crippen LogP contribution in [-0.4, -0.2) is 88.0 Å². The third-order valence-corrected chi connectivity index (χ3v) is 9.97. The van der Waals surface area contributed by atoms with E-state index in [0.717, 1.165) is 4.31 Å². The minimum atomic E-state index is -4.20. The molecular formula is C25H32N4O8S2. The van der Waals surface area contributed by atoms with Crippen LogP contribution in [0, 0.1) is 5.41 Å². The van der Waals surface area contributed by atoms with Gasteiger partial charge in [-0.3, -0.25) is 10.2 Å². The van der Waals surface area contributed by atoms with E-state index in [1.54, 1.807) is 42.5 Å². The molecule has 1 heterocycles. The van der Waals surface area contributed by atoms with Gasteiger partial charge in [0.05, 0.1) is 14.2 Å². The van der Waals surface area contributed by atoms with Gasteiger partial charge in [0.15, 0.2) is 5.75 Å². The molecule has 0 aromatic heterocycles. The van der Waals surface area contributed by atoms with E-state index in [2.05, 4.69) is 0 Å². The predicted molar refractivity (Wildman–Crippen MR) is 146 cm³/mol. The molecule has 14 heteroatoms. The molecule has 2 aromatic rings. The van der Waals surface area contributed by atoms with Crippen LogP contribution >= 0.6 is 0 Å². The number of amidine groups is 1. The second-order valence-corrected chi connectivity index (χ2v) is 12.6. The number of carboxylic acid groups (broad SMARTS) is 1. The summed E-state index contributed by atoms with van der Waals surface area (Å²) in [7, 11) is -5.39. The maximum Gasteiger partial charge on any atom is 0.320 e. The van der Waals surface area contributed by atoms with Gasteiger partial charge in [-0.25, -0.2) is 16.8 Å². The Morgan fingerprint density at radius 3 is 2.41 bits per heavy atom. The zero-order chi connectivity index (χ0) is 28.8. The van der Waals surface area contributed by atoms with Gasteiger partial charge in [-0.1, -0.05) is 30.4 Å². The Morgan fingerprint density at radius 1 is 1.13 bits per heavy atom. The summed E-state index contributed by atoms with van der Waals surface area (Å²) in [5.41, 5.74) is 6.72. The molecule has 0 saturated carbocycles. The van der Waals surface area contributed by atoms with Crippen molar-refractivity contribution < 1.29 is 36.2 Å². The molecule has 1 saturated heterocycles. The molecule has 1 fully saturated rings. The van der Waals surface area contributed by atoms with Crippen LogP contribution in [0.25, 0.3) is 6.08 Å². The highest BCUT2D eigenvalue weighted by atomic mass is 32.2. The zero-order valence-corrected chi connectivity index (χ0v) is 23.2. The number of hydrogen-bond acceptors (Lipinski definition) is 8. The Bertz CT molecular complexity index is 1450. The van der Waals surface area contributed by atoms with E-state index in [0.29, 0.717) is 16.9 Å². The summed E-state index contributed by atoms with van der Waals surface area (Å²) in [4.78, 5) is 11.2. The van der Waals surface area contributed by atoms with Gasteiger partial charge in [0.2, 0.25) is 20.0 Å².